The Balaban J connectivity index is 2.19. The van der Waals surface area contributed by atoms with E-state index in [9.17, 15) is 0 Å². The van der Waals surface area contributed by atoms with Gasteiger partial charge in [0.05, 0.1) is 6.54 Å². The fourth-order valence-electron chi connectivity index (χ4n) is 3.64. The predicted molar refractivity (Wildman–Crippen MR) is 85.9 cm³/mol. The van der Waals surface area contributed by atoms with Crippen molar-refractivity contribution in [1.82, 2.24) is 19.7 Å². The lowest BCUT2D eigenvalue weighted by atomic mass is 9.87. The fourth-order valence-corrected chi connectivity index (χ4v) is 3.64. The van der Waals surface area contributed by atoms with Gasteiger partial charge in [-0.1, -0.05) is 32.6 Å². The summed E-state index contributed by atoms with van der Waals surface area (Å²) in [5, 5.41) is 4.31. The van der Waals surface area contributed by atoms with Crippen LogP contribution in [0.2, 0.25) is 0 Å². The molecule has 2 N–H and O–H groups in total. The molecule has 1 aliphatic rings. The van der Waals surface area contributed by atoms with E-state index < -0.39 is 0 Å². The first-order valence-corrected chi connectivity index (χ1v) is 8.57. The highest BCUT2D eigenvalue weighted by Crippen LogP contribution is 2.33. The average Bonchev–Trinajstić information content (AvgIpc) is 2.81. The molecule has 1 fully saturated rings. The Hall–Kier alpha value is -0.940. The first-order valence-electron chi connectivity index (χ1n) is 8.57. The van der Waals surface area contributed by atoms with Gasteiger partial charge in [-0.3, -0.25) is 4.90 Å². The summed E-state index contributed by atoms with van der Waals surface area (Å²) in [6, 6.07) is 0. The Bertz CT molecular complexity index is 407. The van der Waals surface area contributed by atoms with E-state index >= 15 is 0 Å². The molecule has 1 heterocycles. The maximum Gasteiger partial charge on any atom is 0.141 e. The van der Waals surface area contributed by atoms with Gasteiger partial charge < -0.3 is 5.73 Å². The van der Waals surface area contributed by atoms with Crippen LogP contribution in [0.3, 0.4) is 0 Å². The largest absolute Gasteiger partial charge is 0.329 e. The second-order valence-electron chi connectivity index (χ2n) is 6.26. The smallest absolute Gasteiger partial charge is 0.141 e. The van der Waals surface area contributed by atoms with Crippen molar-refractivity contribution in [1.29, 1.82) is 0 Å². The summed E-state index contributed by atoms with van der Waals surface area (Å²) >= 11 is 0. The maximum atomic E-state index is 6.25. The summed E-state index contributed by atoms with van der Waals surface area (Å²) in [5.41, 5.74) is 6.42. The molecule has 0 amide bonds. The third-order valence-corrected chi connectivity index (χ3v) is 4.91. The Morgan fingerprint density at radius 2 is 1.95 bits per heavy atom. The van der Waals surface area contributed by atoms with Crippen molar-refractivity contribution in [2.75, 3.05) is 13.1 Å². The lowest BCUT2D eigenvalue weighted by Gasteiger charge is -2.43. The first kappa shape index (κ1) is 16.4. The van der Waals surface area contributed by atoms with Crippen LogP contribution in [0.15, 0.2) is 6.33 Å². The first-order chi connectivity index (χ1) is 10.3. The van der Waals surface area contributed by atoms with E-state index in [-0.39, 0.29) is 5.54 Å². The molecule has 5 nitrogen and oxygen atoms in total. The quantitative estimate of drug-likeness (QED) is 0.785. The third-order valence-electron chi connectivity index (χ3n) is 4.91. The van der Waals surface area contributed by atoms with E-state index in [1.165, 1.54) is 38.5 Å². The highest BCUT2D eigenvalue weighted by Gasteiger charge is 2.35. The van der Waals surface area contributed by atoms with Gasteiger partial charge in [0, 0.05) is 18.6 Å². The van der Waals surface area contributed by atoms with Crippen LogP contribution in [0.4, 0.5) is 0 Å². The zero-order valence-corrected chi connectivity index (χ0v) is 13.7. The van der Waals surface area contributed by atoms with Crippen LogP contribution in [0.1, 0.15) is 64.6 Å². The molecule has 1 aliphatic carbocycles. The van der Waals surface area contributed by atoms with Crippen molar-refractivity contribution in [3.8, 4) is 0 Å². The van der Waals surface area contributed by atoms with Gasteiger partial charge in [0.25, 0.3) is 0 Å². The Morgan fingerprint density at radius 3 is 2.52 bits per heavy atom. The minimum absolute atomic E-state index is 0.164. The third kappa shape index (κ3) is 3.83. The molecule has 5 heteroatoms. The van der Waals surface area contributed by atoms with Crippen molar-refractivity contribution in [3.05, 3.63) is 12.2 Å². The van der Waals surface area contributed by atoms with E-state index in [4.69, 9.17) is 5.73 Å². The van der Waals surface area contributed by atoms with Crippen LogP contribution in [0, 0.1) is 0 Å². The van der Waals surface area contributed by atoms with Gasteiger partial charge in [-0.2, -0.15) is 5.10 Å². The number of hydrogen-bond acceptors (Lipinski definition) is 4. The molecule has 2 rings (SSSR count). The number of nitrogens with zero attached hydrogens (tertiary/aromatic N) is 4. The van der Waals surface area contributed by atoms with Gasteiger partial charge in [0.2, 0.25) is 0 Å². The topological polar surface area (TPSA) is 60.0 Å². The van der Waals surface area contributed by atoms with Crippen LogP contribution in [-0.4, -0.2) is 38.3 Å². The second kappa shape index (κ2) is 7.90. The number of aryl methyl sites for hydroxylation is 1. The molecule has 1 aromatic heterocycles. The molecule has 0 radical (unpaired) electrons. The molecule has 0 aliphatic heterocycles. The Labute approximate surface area is 128 Å². The Kier molecular flexibility index (Phi) is 6.18. The van der Waals surface area contributed by atoms with Crippen molar-refractivity contribution in [3.63, 3.8) is 0 Å². The van der Waals surface area contributed by atoms with Crippen molar-refractivity contribution in [2.45, 2.75) is 77.4 Å². The highest BCUT2D eigenvalue weighted by atomic mass is 15.4. The number of aromatic nitrogens is 3. The van der Waals surface area contributed by atoms with Gasteiger partial charge in [-0.05, 0) is 32.7 Å². The molecular weight excluding hydrogens is 262 g/mol. The lowest BCUT2D eigenvalue weighted by molar-refractivity contribution is 0.0657. The van der Waals surface area contributed by atoms with Crippen LogP contribution in [0.25, 0.3) is 0 Å². The summed E-state index contributed by atoms with van der Waals surface area (Å²) < 4.78 is 2.00. The normalized spacial score (nSPS) is 18.9. The standard InChI is InChI=1S/C16H31N5/c1-3-11-20(12-15-18-14-19-21(15)4-2)16(13-17)9-7-5-6-8-10-16/h14H,3-13,17H2,1-2H3. The monoisotopic (exact) mass is 293 g/mol. The van der Waals surface area contributed by atoms with Crippen LogP contribution < -0.4 is 5.73 Å². The van der Waals surface area contributed by atoms with Crippen LogP contribution in [0.5, 0.6) is 0 Å². The maximum absolute atomic E-state index is 6.25. The molecule has 1 aromatic rings. The summed E-state index contributed by atoms with van der Waals surface area (Å²) in [5.74, 6) is 1.07. The SMILES string of the molecule is CCCN(Cc1ncnn1CC)C1(CN)CCCCCC1. The van der Waals surface area contributed by atoms with Crippen LogP contribution >= 0.6 is 0 Å². The average molecular weight is 293 g/mol. The van der Waals surface area contributed by atoms with Crippen molar-refractivity contribution in [2.24, 2.45) is 5.73 Å². The molecule has 0 aromatic carbocycles. The zero-order valence-electron chi connectivity index (χ0n) is 13.7. The van der Waals surface area contributed by atoms with Crippen molar-refractivity contribution < 1.29 is 0 Å². The molecular formula is C16H31N5. The molecule has 0 atom stereocenters. The number of hydrogen-bond donors (Lipinski definition) is 1. The second-order valence-corrected chi connectivity index (χ2v) is 6.26. The van der Waals surface area contributed by atoms with E-state index in [0.29, 0.717) is 0 Å². The summed E-state index contributed by atoms with van der Waals surface area (Å²) in [6.07, 6.45) is 10.6. The zero-order chi connectivity index (χ0) is 15.1. The lowest BCUT2D eigenvalue weighted by Crippen LogP contribution is -2.53. The molecule has 120 valence electrons. The van der Waals surface area contributed by atoms with E-state index in [0.717, 1.165) is 38.4 Å². The summed E-state index contributed by atoms with van der Waals surface area (Å²) in [7, 11) is 0. The van der Waals surface area contributed by atoms with Gasteiger partial charge >= 0.3 is 0 Å². The number of nitrogens with two attached hydrogens (primary N) is 1. The Morgan fingerprint density at radius 1 is 1.24 bits per heavy atom. The van der Waals surface area contributed by atoms with Crippen molar-refractivity contribution >= 4 is 0 Å². The van der Waals surface area contributed by atoms with Gasteiger partial charge in [-0.25, -0.2) is 9.67 Å². The minimum atomic E-state index is 0.164. The number of rotatable bonds is 7. The van der Waals surface area contributed by atoms with Gasteiger partial charge in [0.1, 0.15) is 12.2 Å². The molecule has 0 spiro atoms. The summed E-state index contributed by atoms with van der Waals surface area (Å²) in [6.45, 7) is 7.97. The minimum Gasteiger partial charge on any atom is -0.329 e. The highest BCUT2D eigenvalue weighted by molar-refractivity contribution is 4.96. The summed E-state index contributed by atoms with van der Waals surface area (Å²) in [4.78, 5) is 7.05. The predicted octanol–water partition coefficient (Wildman–Crippen LogP) is 2.56. The molecule has 1 saturated carbocycles. The molecule has 0 bridgehead atoms. The van der Waals surface area contributed by atoms with Crippen LogP contribution in [-0.2, 0) is 13.1 Å². The molecule has 0 saturated heterocycles. The molecule has 0 unspecified atom stereocenters. The van der Waals surface area contributed by atoms with Gasteiger partial charge in [0.15, 0.2) is 0 Å². The van der Waals surface area contributed by atoms with E-state index in [2.05, 4.69) is 28.8 Å². The van der Waals surface area contributed by atoms with E-state index in [1.807, 2.05) is 4.68 Å². The van der Waals surface area contributed by atoms with Gasteiger partial charge in [-0.15, -0.1) is 0 Å². The van der Waals surface area contributed by atoms with E-state index in [1.54, 1.807) is 6.33 Å². The molecule has 21 heavy (non-hydrogen) atoms. The fraction of sp³-hybridized carbons (Fsp3) is 0.875.